The lowest BCUT2D eigenvalue weighted by Crippen LogP contribution is -2.33. The van der Waals surface area contributed by atoms with Gasteiger partial charge in [-0.1, -0.05) is 60.7 Å². The van der Waals surface area contributed by atoms with Crippen LogP contribution in [0.4, 0.5) is 0 Å². The molecular formula is C26H27N3OS. The highest BCUT2D eigenvalue weighted by molar-refractivity contribution is 7.18. The number of likely N-dealkylation sites (tertiary alicyclic amines) is 1. The Morgan fingerprint density at radius 2 is 1.52 bits per heavy atom. The molecule has 1 fully saturated rings. The molecule has 1 aliphatic rings. The van der Waals surface area contributed by atoms with Crippen LogP contribution in [-0.2, 0) is 6.54 Å². The van der Waals surface area contributed by atoms with Crippen LogP contribution in [0.5, 0.6) is 0 Å². The first kappa shape index (κ1) is 20.2. The minimum Gasteiger partial charge on any atom is -0.296 e. The Bertz CT molecular complexity index is 1220. The normalized spacial score (nSPS) is 14.7. The lowest BCUT2D eigenvalue weighted by Gasteiger charge is -2.26. The third-order valence-electron chi connectivity index (χ3n) is 6.36. The molecule has 158 valence electrons. The highest BCUT2D eigenvalue weighted by atomic mass is 32.1. The van der Waals surface area contributed by atoms with Crippen molar-refractivity contribution in [2.45, 2.75) is 39.3 Å². The van der Waals surface area contributed by atoms with Crippen LogP contribution in [0.2, 0.25) is 0 Å². The van der Waals surface area contributed by atoms with E-state index < -0.39 is 0 Å². The summed E-state index contributed by atoms with van der Waals surface area (Å²) < 4.78 is 1.96. The number of benzene rings is 2. The van der Waals surface area contributed by atoms with E-state index in [1.165, 1.54) is 17.7 Å². The lowest BCUT2D eigenvalue weighted by molar-refractivity contribution is 0.313. The van der Waals surface area contributed by atoms with E-state index >= 15 is 0 Å². The molecule has 0 atom stereocenters. The fraction of sp³-hybridized carbons (Fsp3) is 0.308. The summed E-state index contributed by atoms with van der Waals surface area (Å²) in [5, 5.41) is 0.768. The van der Waals surface area contributed by atoms with Crippen LogP contribution in [0.3, 0.4) is 0 Å². The van der Waals surface area contributed by atoms with Gasteiger partial charge in [0.1, 0.15) is 10.7 Å². The van der Waals surface area contributed by atoms with Crippen LogP contribution in [0, 0.1) is 13.8 Å². The van der Waals surface area contributed by atoms with Crippen LogP contribution >= 0.6 is 11.3 Å². The molecule has 2 aromatic heterocycles. The van der Waals surface area contributed by atoms with E-state index in [4.69, 9.17) is 4.98 Å². The van der Waals surface area contributed by atoms with Crippen molar-refractivity contribution >= 4 is 21.6 Å². The number of hydrogen-bond donors (Lipinski definition) is 0. The first-order valence-corrected chi connectivity index (χ1v) is 11.8. The number of aryl methyl sites for hydroxylation is 2. The summed E-state index contributed by atoms with van der Waals surface area (Å²) >= 11 is 1.63. The van der Waals surface area contributed by atoms with Gasteiger partial charge in [-0.25, -0.2) is 4.98 Å². The average molecular weight is 430 g/mol. The van der Waals surface area contributed by atoms with Crippen molar-refractivity contribution in [3.8, 4) is 0 Å². The van der Waals surface area contributed by atoms with E-state index in [0.717, 1.165) is 45.8 Å². The van der Waals surface area contributed by atoms with Gasteiger partial charge in [-0.3, -0.25) is 14.3 Å². The Morgan fingerprint density at radius 1 is 0.935 bits per heavy atom. The van der Waals surface area contributed by atoms with Gasteiger partial charge in [0.2, 0.25) is 0 Å². The average Bonchev–Trinajstić information content (AvgIpc) is 3.40. The van der Waals surface area contributed by atoms with E-state index in [1.807, 2.05) is 47.9 Å². The van der Waals surface area contributed by atoms with Crippen LogP contribution in [0.25, 0.3) is 10.2 Å². The maximum absolute atomic E-state index is 14.1. The Morgan fingerprint density at radius 3 is 2.10 bits per heavy atom. The number of fused-ring (bicyclic) bond motifs is 1. The molecule has 5 heteroatoms. The van der Waals surface area contributed by atoms with Crippen LogP contribution in [0.15, 0.2) is 65.5 Å². The van der Waals surface area contributed by atoms with Gasteiger partial charge in [-0.2, -0.15) is 0 Å². The summed E-state index contributed by atoms with van der Waals surface area (Å²) in [7, 11) is 0. The predicted molar refractivity (Wildman–Crippen MR) is 128 cm³/mol. The first-order valence-electron chi connectivity index (χ1n) is 11.0. The molecule has 0 bridgehead atoms. The lowest BCUT2D eigenvalue weighted by atomic mass is 9.98. The van der Waals surface area contributed by atoms with Crippen LogP contribution in [0.1, 0.15) is 46.3 Å². The molecule has 1 saturated heterocycles. The van der Waals surface area contributed by atoms with Crippen molar-refractivity contribution < 1.29 is 0 Å². The first-order chi connectivity index (χ1) is 15.1. The molecule has 31 heavy (non-hydrogen) atoms. The fourth-order valence-corrected chi connectivity index (χ4v) is 5.67. The Balaban J connectivity index is 1.79. The zero-order chi connectivity index (χ0) is 21.4. The van der Waals surface area contributed by atoms with Crippen molar-refractivity contribution in [3.05, 3.63) is 98.4 Å². The Hall–Kier alpha value is -2.76. The van der Waals surface area contributed by atoms with E-state index in [0.29, 0.717) is 6.54 Å². The van der Waals surface area contributed by atoms with Gasteiger partial charge in [0.05, 0.1) is 18.0 Å². The number of thiophene rings is 1. The number of nitrogens with zero attached hydrogens (tertiary/aromatic N) is 3. The van der Waals surface area contributed by atoms with Crippen molar-refractivity contribution in [1.29, 1.82) is 0 Å². The van der Waals surface area contributed by atoms with Crippen molar-refractivity contribution in [2.75, 3.05) is 13.1 Å². The monoisotopic (exact) mass is 429 g/mol. The summed E-state index contributed by atoms with van der Waals surface area (Å²) in [6, 6.07) is 20.5. The van der Waals surface area contributed by atoms with E-state index in [9.17, 15) is 4.79 Å². The zero-order valence-corrected chi connectivity index (χ0v) is 18.9. The maximum atomic E-state index is 14.1. The highest BCUT2D eigenvalue weighted by Crippen LogP contribution is 2.31. The maximum Gasteiger partial charge on any atom is 0.263 e. The smallest absolute Gasteiger partial charge is 0.263 e. The third kappa shape index (κ3) is 3.73. The molecule has 0 saturated carbocycles. The van der Waals surface area contributed by atoms with Gasteiger partial charge in [0.25, 0.3) is 5.56 Å². The van der Waals surface area contributed by atoms with Gasteiger partial charge in [0, 0.05) is 4.88 Å². The van der Waals surface area contributed by atoms with Crippen LogP contribution in [-0.4, -0.2) is 27.5 Å². The summed E-state index contributed by atoms with van der Waals surface area (Å²) in [6.45, 7) is 6.96. The molecule has 3 heterocycles. The van der Waals surface area contributed by atoms with Gasteiger partial charge >= 0.3 is 0 Å². The quantitative estimate of drug-likeness (QED) is 0.432. The van der Waals surface area contributed by atoms with Crippen molar-refractivity contribution in [2.24, 2.45) is 0 Å². The molecule has 0 amide bonds. The second kappa shape index (κ2) is 8.40. The fourth-order valence-electron chi connectivity index (χ4n) is 4.63. The SMILES string of the molecule is Cc1sc2nc(CN3CCCC3)n(C(c3ccccc3)c3ccccc3)c(=O)c2c1C. The molecular weight excluding hydrogens is 402 g/mol. The topological polar surface area (TPSA) is 38.1 Å². The second-order valence-electron chi connectivity index (χ2n) is 8.37. The molecule has 5 rings (SSSR count). The summed E-state index contributed by atoms with van der Waals surface area (Å²) in [6.07, 6.45) is 2.43. The number of aromatic nitrogens is 2. The largest absolute Gasteiger partial charge is 0.296 e. The molecule has 0 aliphatic carbocycles. The molecule has 0 N–H and O–H groups in total. The third-order valence-corrected chi connectivity index (χ3v) is 7.46. The standard InChI is InChI=1S/C26H27N3OS/c1-18-19(2)31-25-23(18)26(30)29(22(27-25)17-28-15-9-10-16-28)24(20-11-5-3-6-12-20)21-13-7-4-8-14-21/h3-8,11-14,24H,9-10,15-17H2,1-2H3. The minimum absolute atomic E-state index is 0.0683. The van der Waals surface area contributed by atoms with Crippen molar-refractivity contribution in [1.82, 2.24) is 14.5 Å². The molecule has 2 aromatic carbocycles. The molecule has 0 spiro atoms. The molecule has 0 unspecified atom stereocenters. The Kier molecular flexibility index (Phi) is 5.47. The molecule has 1 aliphatic heterocycles. The number of hydrogen-bond acceptors (Lipinski definition) is 4. The number of rotatable bonds is 5. The van der Waals surface area contributed by atoms with Gasteiger partial charge < -0.3 is 0 Å². The van der Waals surface area contributed by atoms with E-state index in [-0.39, 0.29) is 11.6 Å². The summed E-state index contributed by atoms with van der Waals surface area (Å²) in [5.41, 5.74) is 3.33. The Labute approximate surface area is 186 Å². The highest BCUT2D eigenvalue weighted by Gasteiger charge is 2.26. The predicted octanol–water partition coefficient (Wildman–Crippen LogP) is 5.31. The van der Waals surface area contributed by atoms with E-state index in [1.54, 1.807) is 11.3 Å². The van der Waals surface area contributed by atoms with Gasteiger partial charge in [-0.15, -0.1) is 11.3 Å². The second-order valence-corrected chi connectivity index (χ2v) is 9.58. The van der Waals surface area contributed by atoms with Gasteiger partial charge in [0.15, 0.2) is 0 Å². The zero-order valence-electron chi connectivity index (χ0n) is 18.0. The van der Waals surface area contributed by atoms with E-state index in [2.05, 4.69) is 36.1 Å². The summed E-state index contributed by atoms with van der Waals surface area (Å²) in [4.78, 5) is 23.6. The van der Waals surface area contributed by atoms with Gasteiger partial charge in [-0.05, 0) is 56.5 Å². The molecule has 4 aromatic rings. The minimum atomic E-state index is -0.205. The van der Waals surface area contributed by atoms with Crippen molar-refractivity contribution in [3.63, 3.8) is 0 Å². The van der Waals surface area contributed by atoms with Crippen LogP contribution < -0.4 is 5.56 Å². The summed E-state index contributed by atoms with van der Waals surface area (Å²) in [5.74, 6) is 0.860. The molecule has 0 radical (unpaired) electrons. The molecule has 4 nitrogen and oxygen atoms in total.